The number of thiol groups is 1. The fraction of sp³-hybridized carbons (Fsp3) is 0.273. The minimum Gasteiger partial charge on any atom is -0.508 e. The van der Waals surface area contributed by atoms with Crippen LogP contribution in [0.1, 0.15) is 17.5 Å². The molecule has 0 aromatic heterocycles. The first kappa shape index (κ1) is 13.0. The molecule has 1 aromatic rings. The Morgan fingerprint density at radius 3 is 2.50 bits per heavy atom. The Balaban J connectivity index is 2.99. The fourth-order valence-corrected chi connectivity index (χ4v) is 1.34. The molecule has 0 unspecified atom stereocenters. The second-order valence-corrected chi connectivity index (χ2v) is 3.67. The highest BCUT2D eigenvalue weighted by Crippen LogP contribution is 2.32. The molecule has 5 heteroatoms. The maximum Gasteiger partial charge on any atom is 0.416 e. The van der Waals surface area contributed by atoms with E-state index < -0.39 is 11.7 Å². The third kappa shape index (κ3) is 3.81. The van der Waals surface area contributed by atoms with Gasteiger partial charge in [0.2, 0.25) is 0 Å². The van der Waals surface area contributed by atoms with E-state index in [9.17, 15) is 13.2 Å². The number of aromatic hydroxyl groups is 1. The summed E-state index contributed by atoms with van der Waals surface area (Å²) in [5, 5.41) is 9.16. The predicted molar refractivity (Wildman–Crippen MR) is 60.6 cm³/mol. The van der Waals surface area contributed by atoms with Crippen LogP contribution >= 0.6 is 12.6 Å². The summed E-state index contributed by atoms with van der Waals surface area (Å²) in [5.41, 5.74) is -0.521. The Morgan fingerprint density at radius 2 is 1.94 bits per heavy atom. The van der Waals surface area contributed by atoms with Crippen molar-refractivity contribution < 1.29 is 18.3 Å². The zero-order valence-electron chi connectivity index (χ0n) is 8.33. The van der Waals surface area contributed by atoms with Gasteiger partial charge in [-0.3, -0.25) is 0 Å². The van der Waals surface area contributed by atoms with Crippen molar-refractivity contribution in [1.29, 1.82) is 0 Å². The van der Waals surface area contributed by atoms with Gasteiger partial charge in [-0.15, -0.1) is 0 Å². The number of rotatable bonds is 3. The van der Waals surface area contributed by atoms with Crippen molar-refractivity contribution in [1.82, 2.24) is 0 Å². The van der Waals surface area contributed by atoms with E-state index in [4.69, 9.17) is 5.11 Å². The van der Waals surface area contributed by atoms with Crippen LogP contribution in [0.25, 0.3) is 6.08 Å². The minimum absolute atomic E-state index is 0.328. The Hall–Kier alpha value is -1.10. The molecule has 88 valence electrons. The molecule has 0 amide bonds. The van der Waals surface area contributed by atoms with Crippen LogP contribution in [0, 0.1) is 0 Å². The summed E-state index contributed by atoms with van der Waals surface area (Å²) in [7, 11) is 0. The molecule has 0 saturated heterocycles. The number of phenols is 1. The molecule has 0 bridgehead atoms. The summed E-state index contributed by atoms with van der Waals surface area (Å²) in [5.74, 6) is 0.238. The normalized spacial score (nSPS) is 12.2. The second-order valence-electron chi connectivity index (χ2n) is 3.23. The van der Waals surface area contributed by atoms with Gasteiger partial charge in [0.1, 0.15) is 5.75 Å². The molecule has 0 aliphatic rings. The van der Waals surface area contributed by atoms with E-state index in [0.29, 0.717) is 23.8 Å². The fourth-order valence-electron chi connectivity index (χ4n) is 1.19. The van der Waals surface area contributed by atoms with Gasteiger partial charge in [-0.1, -0.05) is 12.2 Å². The first-order valence-electron chi connectivity index (χ1n) is 4.62. The average Bonchev–Trinajstić information content (AvgIpc) is 2.16. The van der Waals surface area contributed by atoms with Gasteiger partial charge in [0, 0.05) is 0 Å². The predicted octanol–water partition coefficient (Wildman–Crippen LogP) is 3.74. The molecule has 0 saturated carbocycles. The average molecular weight is 248 g/mol. The van der Waals surface area contributed by atoms with Crippen LogP contribution in [0.4, 0.5) is 13.2 Å². The van der Waals surface area contributed by atoms with Gasteiger partial charge in [0.25, 0.3) is 0 Å². The minimum atomic E-state index is -4.44. The maximum absolute atomic E-state index is 12.4. The highest BCUT2D eigenvalue weighted by Gasteiger charge is 2.31. The lowest BCUT2D eigenvalue weighted by Gasteiger charge is -2.08. The van der Waals surface area contributed by atoms with Crippen LogP contribution < -0.4 is 0 Å². The summed E-state index contributed by atoms with van der Waals surface area (Å²) < 4.78 is 37.2. The van der Waals surface area contributed by atoms with E-state index in [1.807, 2.05) is 0 Å². The topological polar surface area (TPSA) is 20.2 Å². The summed E-state index contributed by atoms with van der Waals surface area (Å²) in [6, 6.07) is 2.98. The summed E-state index contributed by atoms with van der Waals surface area (Å²) >= 11 is 3.97. The Labute approximate surface area is 97.0 Å². The second kappa shape index (κ2) is 5.30. The number of benzene rings is 1. The third-order valence-electron chi connectivity index (χ3n) is 1.87. The van der Waals surface area contributed by atoms with Crippen molar-refractivity contribution in [2.45, 2.75) is 12.6 Å². The van der Waals surface area contributed by atoms with Crippen molar-refractivity contribution >= 4 is 18.7 Å². The van der Waals surface area contributed by atoms with E-state index in [-0.39, 0.29) is 5.75 Å². The van der Waals surface area contributed by atoms with E-state index >= 15 is 0 Å². The standard InChI is InChI=1S/C11H11F3OS/c12-11(13,14)9-5-8(3-1-2-4-16)6-10(15)7-9/h1,3,5-7,15-16H,2,4H2. The lowest BCUT2D eigenvalue weighted by Crippen LogP contribution is -2.04. The molecular weight excluding hydrogens is 237 g/mol. The molecule has 0 atom stereocenters. The quantitative estimate of drug-likeness (QED) is 0.781. The zero-order valence-corrected chi connectivity index (χ0v) is 9.22. The van der Waals surface area contributed by atoms with Crippen molar-refractivity contribution in [3.05, 3.63) is 35.4 Å². The van der Waals surface area contributed by atoms with Gasteiger partial charge in [-0.2, -0.15) is 25.8 Å². The Morgan fingerprint density at radius 1 is 1.25 bits per heavy atom. The van der Waals surface area contributed by atoms with Gasteiger partial charge in [0.15, 0.2) is 0 Å². The number of alkyl halides is 3. The van der Waals surface area contributed by atoms with Gasteiger partial charge in [-0.25, -0.2) is 0 Å². The molecule has 1 rings (SSSR count). The molecule has 1 aromatic carbocycles. The van der Waals surface area contributed by atoms with Crippen LogP contribution in [-0.2, 0) is 6.18 Å². The molecular formula is C11H11F3OS. The highest BCUT2D eigenvalue weighted by atomic mass is 32.1. The van der Waals surface area contributed by atoms with Gasteiger partial charge < -0.3 is 5.11 Å². The highest BCUT2D eigenvalue weighted by molar-refractivity contribution is 7.80. The SMILES string of the molecule is Oc1cc(C=CCCS)cc(C(F)(F)F)c1. The van der Waals surface area contributed by atoms with Crippen LogP contribution in [0.15, 0.2) is 24.3 Å². The zero-order chi connectivity index (χ0) is 12.2. The Kier molecular flexibility index (Phi) is 4.29. The Bertz CT molecular complexity index is 385. The third-order valence-corrected chi connectivity index (χ3v) is 2.13. The number of hydrogen-bond donors (Lipinski definition) is 2. The molecule has 0 spiro atoms. The number of phenolic OH excluding ortho intramolecular Hbond substituents is 1. The molecule has 0 radical (unpaired) electrons. The smallest absolute Gasteiger partial charge is 0.416 e. The maximum atomic E-state index is 12.4. The molecule has 0 aliphatic heterocycles. The molecule has 1 N–H and O–H groups in total. The van der Waals surface area contributed by atoms with Gasteiger partial charge in [-0.05, 0) is 35.9 Å². The molecule has 1 nitrogen and oxygen atoms in total. The largest absolute Gasteiger partial charge is 0.508 e. The summed E-state index contributed by atoms with van der Waals surface area (Å²) in [4.78, 5) is 0. The number of allylic oxidation sites excluding steroid dienone is 1. The lowest BCUT2D eigenvalue weighted by atomic mass is 10.1. The van der Waals surface area contributed by atoms with E-state index in [2.05, 4.69) is 12.6 Å². The summed E-state index contributed by atoms with van der Waals surface area (Å²) in [6.45, 7) is 0. The number of halogens is 3. The van der Waals surface area contributed by atoms with Crippen LogP contribution in [0.2, 0.25) is 0 Å². The first-order valence-corrected chi connectivity index (χ1v) is 5.25. The van der Waals surface area contributed by atoms with Crippen molar-refractivity contribution in [2.75, 3.05) is 5.75 Å². The van der Waals surface area contributed by atoms with Crippen molar-refractivity contribution in [3.8, 4) is 5.75 Å². The molecule has 0 aliphatic carbocycles. The molecule has 0 heterocycles. The monoisotopic (exact) mass is 248 g/mol. The van der Waals surface area contributed by atoms with Gasteiger partial charge >= 0.3 is 6.18 Å². The lowest BCUT2D eigenvalue weighted by molar-refractivity contribution is -0.137. The van der Waals surface area contributed by atoms with Crippen LogP contribution in [-0.4, -0.2) is 10.9 Å². The summed E-state index contributed by atoms with van der Waals surface area (Å²) in [6.07, 6.45) is -0.530. The van der Waals surface area contributed by atoms with E-state index in [0.717, 1.165) is 6.07 Å². The van der Waals surface area contributed by atoms with Gasteiger partial charge in [0.05, 0.1) is 5.56 Å². The first-order chi connectivity index (χ1) is 7.43. The van der Waals surface area contributed by atoms with Crippen molar-refractivity contribution in [2.24, 2.45) is 0 Å². The molecule has 16 heavy (non-hydrogen) atoms. The van der Waals surface area contributed by atoms with E-state index in [1.54, 1.807) is 6.08 Å². The van der Waals surface area contributed by atoms with E-state index in [1.165, 1.54) is 12.1 Å². The van der Waals surface area contributed by atoms with Crippen LogP contribution in [0.5, 0.6) is 5.75 Å². The molecule has 0 fully saturated rings. The van der Waals surface area contributed by atoms with Crippen molar-refractivity contribution in [3.63, 3.8) is 0 Å². The van der Waals surface area contributed by atoms with Crippen LogP contribution in [0.3, 0.4) is 0 Å². The number of hydrogen-bond acceptors (Lipinski definition) is 2.